The number of nitrogens with one attached hydrogen (secondary N) is 1. The van der Waals surface area contributed by atoms with Crippen molar-refractivity contribution in [1.82, 2.24) is 5.32 Å². The van der Waals surface area contributed by atoms with Crippen molar-refractivity contribution >= 4 is 29.4 Å². The summed E-state index contributed by atoms with van der Waals surface area (Å²) in [6.07, 6.45) is 1.91. The zero-order chi connectivity index (χ0) is 26.6. The Balaban J connectivity index is 1.45. The molecule has 38 heavy (non-hydrogen) atoms. The topological polar surface area (TPSA) is 58.6 Å². The SMILES string of the molecule is CCCC(=O)Oc1cccc(Sc2ccc(N(CCc3ccccc3)C(=O)NCc3ccccc3)cc2)c1. The Morgan fingerprint density at radius 2 is 1.47 bits per heavy atom. The molecule has 6 heteroatoms. The van der Waals surface area contributed by atoms with Gasteiger partial charge in [0, 0.05) is 35.0 Å². The van der Waals surface area contributed by atoms with E-state index in [1.54, 1.807) is 22.7 Å². The molecule has 0 fully saturated rings. The van der Waals surface area contributed by atoms with Gasteiger partial charge in [0.15, 0.2) is 0 Å². The van der Waals surface area contributed by atoms with Crippen molar-refractivity contribution in [2.75, 3.05) is 11.4 Å². The highest BCUT2D eigenvalue weighted by atomic mass is 32.2. The minimum atomic E-state index is -0.222. The fourth-order valence-electron chi connectivity index (χ4n) is 3.92. The predicted octanol–water partition coefficient (Wildman–Crippen LogP) is 7.50. The van der Waals surface area contributed by atoms with Crippen LogP contribution in [0.4, 0.5) is 10.5 Å². The van der Waals surface area contributed by atoms with Crippen molar-refractivity contribution in [2.45, 2.75) is 42.5 Å². The predicted molar refractivity (Wildman–Crippen MR) is 154 cm³/mol. The second-order valence-corrected chi connectivity index (χ2v) is 9.97. The lowest BCUT2D eigenvalue weighted by molar-refractivity contribution is -0.134. The van der Waals surface area contributed by atoms with E-state index in [1.165, 1.54) is 5.56 Å². The van der Waals surface area contributed by atoms with Crippen molar-refractivity contribution in [1.29, 1.82) is 0 Å². The van der Waals surface area contributed by atoms with Crippen LogP contribution in [0.2, 0.25) is 0 Å². The summed E-state index contributed by atoms with van der Waals surface area (Å²) in [7, 11) is 0. The van der Waals surface area contributed by atoms with E-state index < -0.39 is 0 Å². The fraction of sp³-hybridized carbons (Fsp3) is 0.188. The van der Waals surface area contributed by atoms with Crippen LogP contribution in [0, 0.1) is 0 Å². The zero-order valence-corrected chi connectivity index (χ0v) is 22.3. The summed E-state index contributed by atoms with van der Waals surface area (Å²) >= 11 is 1.58. The molecule has 0 unspecified atom stereocenters. The Bertz CT molecular complexity index is 1310. The Kier molecular flexibility index (Phi) is 9.99. The maximum absolute atomic E-state index is 13.3. The molecule has 0 atom stereocenters. The van der Waals surface area contributed by atoms with Gasteiger partial charge in [-0.05, 0) is 66.4 Å². The number of hydrogen-bond donors (Lipinski definition) is 1. The van der Waals surface area contributed by atoms with Crippen molar-refractivity contribution in [3.8, 4) is 5.75 Å². The van der Waals surface area contributed by atoms with Crippen LogP contribution in [-0.2, 0) is 17.8 Å². The summed E-state index contributed by atoms with van der Waals surface area (Å²) in [6, 6.07) is 35.4. The molecule has 0 radical (unpaired) electrons. The van der Waals surface area contributed by atoms with Gasteiger partial charge >= 0.3 is 12.0 Å². The fourth-order valence-corrected chi connectivity index (χ4v) is 4.79. The maximum Gasteiger partial charge on any atom is 0.322 e. The molecule has 4 aromatic carbocycles. The first-order valence-corrected chi connectivity index (χ1v) is 13.6. The summed E-state index contributed by atoms with van der Waals surface area (Å²) in [5, 5.41) is 3.06. The van der Waals surface area contributed by atoms with Gasteiger partial charge in [-0.25, -0.2) is 4.79 Å². The molecule has 0 heterocycles. The summed E-state index contributed by atoms with van der Waals surface area (Å²) in [6.45, 7) is 2.98. The average Bonchev–Trinajstić information content (AvgIpc) is 2.94. The zero-order valence-electron chi connectivity index (χ0n) is 21.5. The standard InChI is InChI=1S/C32H32N2O3S/c1-2-10-31(35)37-28-15-9-16-30(23-28)38-29-19-17-27(18-20-29)34(22-21-25-11-5-3-6-12-25)32(36)33-24-26-13-7-4-8-14-26/h3-9,11-20,23H,2,10,21-22,24H2,1H3,(H,33,36). The minimum Gasteiger partial charge on any atom is -0.426 e. The number of urea groups is 1. The third-order valence-electron chi connectivity index (χ3n) is 5.87. The van der Waals surface area contributed by atoms with Crippen LogP contribution in [0.3, 0.4) is 0 Å². The van der Waals surface area contributed by atoms with Gasteiger partial charge in [-0.2, -0.15) is 0 Å². The van der Waals surface area contributed by atoms with Gasteiger partial charge in [-0.15, -0.1) is 0 Å². The lowest BCUT2D eigenvalue weighted by Crippen LogP contribution is -2.41. The minimum absolute atomic E-state index is 0.133. The first-order valence-electron chi connectivity index (χ1n) is 12.8. The van der Waals surface area contributed by atoms with Crippen LogP contribution >= 0.6 is 11.8 Å². The molecule has 0 bridgehead atoms. The Morgan fingerprint density at radius 3 is 2.16 bits per heavy atom. The lowest BCUT2D eigenvalue weighted by Gasteiger charge is -2.24. The molecule has 4 aromatic rings. The van der Waals surface area contributed by atoms with Crippen LogP contribution in [-0.4, -0.2) is 18.5 Å². The molecule has 2 amide bonds. The molecule has 0 aliphatic heterocycles. The summed E-state index contributed by atoms with van der Waals surface area (Å²) in [5.41, 5.74) is 3.07. The van der Waals surface area contributed by atoms with Crippen molar-refractivity contribution in [3.63, 3.8) is 0 Å². The van der Waals surface area contributed by atoms with E-state index in [1.807, 2.05) is 97.9 Å². The number of carbonyl (C=O) groups is 2. The Labute approximate surface area is 228 Å². The largest absolute Gasteiger partial charge is 0.426 e. The number of ether oxygens (including phenoxy) is 1. The highest BCUT2D eigenvalue weighted by Crippen LogP contribution is 2.31. The van der Waals surface area contributed by atoms with Crippen LogP contribution in [0.25, 0.3) is 0 Å². The van der Waals surface area contributed by atoms with E-state index in [2.05, 4.69) is 17.4 Å². The lowest BCUT2D eigenvalue weighted by atomic mass is 10.1. The van der Waals surface area contributed by atoms with Crippen molar-refractivity contribution < 1.29 is 14.3 Å². The van der Waals surface area contributed by atoms with E-state index in [-0.39, 0.29) is 12.0 Å². The summed E-state index contributed by atoms with van der Waals surface area (Å²) in [4.78, 5) is 28.9. The van der Waals surface area contributed by atoms with Gasteiger partial charge in [-0.1, -0.05) is 85.4 Å². The van der Waals surface area contributed by atoms with Crippen LogP contribution < -0.4 is 15.0 Å². The number of amides is 2. The number of benzene rings is 4. The van der Waals surface area contributed by atoms with Crippen molar-refractivity contribution in [3.05, 3.63) is 120 Å². The van der Waals surface area contributed by atoms with Crippen molar-refractivity contribution in [2.24, 2.45) is 0 Å². The second-order valence-electron chi connectivity index (χ2n) is 8.83. The third kappa shape index (κ3) is 8.25. The quantitative estimate of drug-likeness (QED) is 0.163. The molecule has 5 nitrogen and oxygen atoms in total. The van der Waals surface area contributed by atoms with E-state index >= 15 is 0 Å². The monoisotopic (exact) mass is 524 g/mol. The van der Waals surface area contributed by atoms with Gasteiger partial charge in [0.25, 0.3) is 0 Å². The molecule has 1 N–H and O–H groups in total. The molecular weight excluding hydrogens is 492 g/mol. The first kappa shape index (κ1) is 27.0. The number of rotatable bonds is 11. The third-order valence-corrected chi connectivity index (χ3v) is 6.87. The van der Waals surface area contributed by atoms with E-state index in [4.69, 9.17) is 4.74 Å². The Hall–Kier alpha value is -4.03. The molecule has 0 aliphatic carbocycles. The van der Waals surface area contributed by atoms with Crippen LogP contribution in [0.1, 0.15) is 30.9 Å². The second kappa shape index (κ2) is 14.1. The molecular formula is C32H32N2O3S. The van der Waals surface area contributed by atoms with Gasteiger partial charge in [0.1, 0.15) is 5.75 Å². The molecule has 0 saturated heterocycles. The number of nitrogens with zero attached hydrogens (tertiary/aromatic N) is 1. The van der Waals surface area contributed by atoms with Gasteiger partial charge in [-0.3, -0.25) is 9.69 Å². The molecule has 4 rings (SSSR count). The number of carbonyl (C=O) groups excluding carboxylic acids is 2. The summed E-state index contributed by atoms with van der Waals surface area (Å²) < 4.78 is 5.42. The molecule has 0 saturated carbocycles. The first-order chi connectivity index (χ1) is 18.6. The molecule has 0 aromatic heterocycles. The highest BCUT2D eigenvalue weighted by molar-refractivity contribution is 7.99. The number of hydrogen-bond acceptors (Lipinski definition) is 4. The molecule has 0 aliphatic rings. The normalized spacial score (nSPS) is 10.6. The maximum atomic E-state index is 13.3. The molecule has 194 valence electrons. The number of anilines is 1. The Morgan fingerprint density at radius 1 is 0.789 bits per heavy atom. The highest BCUT2D eigenvalue weighted by Gasteiger charge is 2.16. The van der Waals surface area contributed by atoms with E-state index in [0.29, 0.717) is 25.3 Å². The average molecular weight is 525 g/mol. The molecule has 0 spiro atoms. The van der Waals surface area contributed by atoms with E-state index in [9.17, 15) is 9.59 Å². The summed E-state index contributed by atoms with van der Waals surface area (Å²) in [5.74, 6) is 0.326. The van der Waals surface area contributed by atoms with Gasteiger partial charge in [0.2, 0.25) is 0 Å². The van der Waals surface area contributed by atoms with E-state index in [0.717, 1.165) is 33.9 Å². The van der Waals surface area contributed by atoms with Crippen LogP contribution in [0.15, 0.2) is 119 Å². The smallest absolute Gasteiger partial charge is 0.322 e. The van der Waals surface area contributed by atoms with Gasteiger partial charge < -0.3 is 10.1 Å². The number of esters is 1. The van der Waals surface area contributed by atoms with Gasteiger partial charge in [0.05, 0.1) is 0 Å². The van der Waals surface area contributed by atoms with Crippen LogP contribution in [0.5, 0.6) is 5.75 Å².